The van der Waals surface area contributed by atoms with E-state index in [0.29, 0.717) is 6.04 Å². The van der Waals surface area contributed by atoms with Crippen LogP contribution < -0.4 is 11.1 Å². The Kier molecular flexibility index (Phi) is 4.62. The van der Waals surface area contributed by atoms with Crippen molar-refractivity contribution in [3.8, 4) is 0 Å². The van der Waals surface area contributed by atoms with Crippen molar-refractivity contribution in [1.82, 2.24) is 14.9 Å². The van der Waals surface area contributed by atoms with Crippen LogP contribution in [0.25, 0.3) is 0 Å². The first-order valence-electron chi connectivity index (χ1n) is 5.17. The quantitative estimate of drug-likeness (QED) is 0.665. The molecule has 4 heteroatoms. The molecule has 0 unspecified atom stereocenters. The van der Waals surface area contributed by atoms with E-state index in [4.69, 9.17) is 5.73 Å². The molecule has 1 aromatic heterocycles. The number of aromatic nitrogens is 2. The number of hydrogen-bond donors (Lipinski definition) is 2. The molecule has 0 aliphatic rings. The molecular weight excluding hydrogens is 176 g/mol. The van der Waals surface area contributed by atoms with Gasteiger partial charge in [0.05, 0.1) is 12.0 Å². The molecule has 1 aromatic rings. The Hall–Kier alpha value is -0.870. The molecule has 0 aliphatic carbocycles. The summed E-state index contributed by atoms with van der Waals surface area (Å²) in [5, 5.41) is 3.34. The van der Waals surface area contributed by atoms with Crippen LogP contribution >= 0.6 is 0 Å². The number of rotatable bonds is 6. The highest BCUT2D eigenvalue weighted by Gasteiger charge is 2.03. The van der Waals surface area contributed by atoms with Crippen molar-refractivity contribution in [3.05, 3.63) is 18.2 Å². The van der Waals surface area contributed by atoms with Gasteiger partial charge in [-0.25, -0.2) is 4.98 Å². The van der Waals surface area contributed by atoms with Crippen LogP contribution in [0.5, 0.6) is 0 Å². The van der Waals surface area contributed by atoms with Crippen molar-refractivity contribution in [1.29, 1.82) is 0 Å². The average Bonchev–Trinajstić information content (AvgIpc) is 2.60. The topological polar surface area (TPSA) is 55.9 Å². The number of nitrogens with zero attached hydrogens (tertiary/aromatic N) is 2. The summed E-state index contributed by atoms with van der Waals surface area (Å²) in [6, 6.07) is 0.476. The monoisotopic (exact) mass is 196 g/mol. The third-order valence-electron chi connectivity index (χ3n) is 2.17. The second-order valence-electron chi connectivity index (χ2n) is 3.71. The molecule has 0 aliphatic heterocycles. The lowest BCUT2D eigenvalue weighted by atomic mass is 10.3. The zero-order valence-corrected chi connectivity index (χ0v) is 9.03. The fourth-order valence-electron chi connectivity index (χ4n) is 1.38. The summed E-state index contributed by atoms with van der Waals surface area (Å²) in [4.78, 5) is 4.14. The van der Waals surface area contributed by atoms with E-state index in [2.05, 4.69) is 28.7 Å². The maximum Gasteiger partial charge on any atom is 0.0951 e. The number of nitrogens with one attached hydrogen (secondary N) is 1. The zero-order valence-electron chi connectivity index (χ0n) is 9.03. The Labute approximate surface area is 85.5 Å². The summed E-state index contributed by atoms with van der Waals surface area (Å²) in [5.41, 5.74) is 6.64. The van der Waals surface area contributed by atoms with Gasteiger partial charge >= 0.3 is 0 Å². The van der Waals surface area contributed by atoms with Gasteiger partial charge in [0, 0.05) is 18.8 Å². The van der Waals surface area contributed by atoms with E-state index in [1.165, 1.54) is 5.69 Å². The van der Waals surface area contributed by atoms with Gasteiger partial charge < -0.3 is 15.6 Å². The Morgan fingerprint density at radius 1 is 1.57 bits per heavy atom. The molecule has 14 heavy (non-hydrogen) atoms. The minimum Gasteiger partial charge on any atom is -0.331 e. The van der Waals surface area contributed by atoms with Crippen molar-refractivity contribution in [3.63, 3.8) is 0 Å². The molecule has 0 radical (unpaired) electrons. The lowest BCUT2D eigenvalue weighted by Crippen LogP contribution is -2.20. The molecule has 0 fully saturated rings. The van der Waals surface area contributed by atoms with Crippen LogP contribution in [-0.2, 0) is 6.54 Å². The van der Waals surface area contributed by atoms with E-state index in [9.17, 15) is 0 Å². The summed E-state index contributed by atoms with van der Waals surface area (Å²) >= 11 is 0. The van der Waals surface area contributed by atoms with Crippen molar-refractivity contribution < 1.29 is 0 Å². The van der Waals surface area contributed by atoms with Gasteiger partial charge in [0.2, 0.25) is 0 Å². The maximum absolute atomic E-state index is 5.41. The fraction of sp³-hybridized carbons (Fsp3) is 0.700. The molecule has 0 amide bonds. The van der Waals surface area contributed by atoms with E-state index in [1.807, 2.05) is 12.5 Å². The van der Waals surface area contributed by atoms with Gasteiger partial charge in [0.25, 0.3) is 0 Å². The molecule has 4 nitrogen and oxygen atoms in total. The van der Waals surface area contributed by atoms with Crippen LogP contribution in [0, 0.1) is 0 Å². The van der Waals surface area contributed by atoms with Crippen LogP contribution in [-0.4, -0.2) is 22.6 Å². The standard InChI is InChI=1S/C10H20N4/c1-9(2)14-8-13-7-10(14)6-12-5-3-4-11/h7-9,12H,3-6,11H2,1-2H3. The van der Waals surface area contributed by atoms with Crippen LogP contribution in [0.2, 0.25) is 0 Å². The van der Waals surface area contributed by atoms with Gasteiger partial charge in [0.15, 0.2) is 0 Å². The molecule has 0 aromatic carbocycles. The van der Waals surface area contributed by atoms with E-state index in [-0.39, 0.29) is 0 Å². The highest BCUT2D eigenvalue weighted by molar-refractivity contribution is 4.99. The van der Waals surface area contributed by atoms with Gasteiger partial charge in [-0.2, -0.15) is 0 Å². The average molecular weight is 196 g/mol. The molecular formula is C10H20N4. The van der Waals surface area contributed by atoms with E-state index < -0.39 is 0 Å². The second-order valence-corrected chi connectivity index (χ2v) is 3.71. The fourth-order valence-corrected chi connectivity index (χ4v) is 1.38. The number of hydrogen-bond acceptors (Lipinski definition) is 3. The Morgan fingerprint density at radius 3 is 3.00 bits per heavy atom. The molecule has 0 atom stereocenters. The highest BCUT2D eigenvalue weighted by Crippen LogP contribution is 2.07. The van der Waals surface area contributed by atoms with E-state index >= 15 is 0 Å². The van der Waals surface area contributed by atoms with Crippen LogP contribution in [0.3, 0.4) is 0 Å². The SMILES string of the molecule is CC(C)n1cncc1CNCCCN. The predicted molar refractivity (Wildman–Crippen MR) is 58.0 cm³/mol. The van der Waals surface area contributed by atoms with Crippen LogP contribution in [0.4, 0.5) is 0 Å². The third-order valence-corrected chi connectivity index (χ3v) is 2.17. The van der Waals surface area contributed by atoms with Gasteiger partial charge in [-0.05, 0) is 33.4 Å². The minimum absolute atomic E-state index is 0.476. The van der Waals surface area contributed by atoms with Crippen molar-refractivity contribution in [2.45, 2.75) is 32.9 Å². The second kappa shape index (κ2) is 5.78. The van der Waals surface area contributed by atoms with Crippen molar-refractivity contribution in [2.24, 2.45) is 5.73 Å². The Morgan fingerprint density at radius 2 is 2.36 bits per heavy atom. The van der Waals surface area contributed by atoms with Crippen molar-refractivity contribution in [2.75, 3.05) is 13.1 Å². The van der Waals surface area contributed by atoms with Gasteiger partial charge in [0.1, 0.15) is 0 Å². The zero-order chi connectivity index (χ0) is 10.4. The molecule has 0 saturated heterocycles. The first-order valence-corrected chi connectivity index (χ1v) is 5.17. The summed E-state index contributed by atoms with van der Waals surface area (Å²) in [5.74, 6) is 0. The number of imidazole rings is 1. The smallest absolute Gasteiger partial charge is 0.0951 e. The highest BCUT2D eigenvalue weighted by atomic mass is 15.1. The van der Waals surface area contributed by atoms with E-state index in [0.717, 1.165) is 26.1 Å². The van der Waals surface area contributed by atoms with Crippen LogP contribution in [0.1, 0.15) is 32.0 Å². The van der Waals surface area contributed by atoms with Gasteiger partial charge in [-0.3, -0.25) is 0 Å². The Bertz CT molecular complexity index is 254. The third kappa shape index (κ3) is 3.12. The first-order chi connectivity index (χ1) is 6.75. The molecule has 0 spiro atoms. The molecule has 3 N–H and O–H groups in total. The molecule has 1 rings (SSSR count). The van der Waals surface area contributed by atoms with Gasteiger partial charge in [-0.1, -0.05) is 0 Å². The Balaban J connectivity index is 2.38. The van der Waals surface area contributed by atoms with Gasteiger partial charge in [-0.15, -0.1) is 0 Å². The number of nitrogens with two attached hydrogens (primary N) is 1. The van der Waals surface area contributed by atoms with Crippen molar-refractivity contribution >= 4 is 0 Å². The lowest BCUT2D eigenvalue weighted by Gasteiger charge is -2.11. The molecule has 0 bridgehead atoms. The molecule has 0 saturated carbocycles. The molecule has 1 heterocycles. The van der Waals surface area contributed by atoms with Crippen LogP contribution in [0.15, 0.2) is 12.5 Å². The summed E-state index contributed by atoms with van der Waals surface area (Å²) < 4.78 is 2.18. The van der Waals surface area contributed by atoms with E-state index in [1.54, 1.807) is 0 Å². The predicted octanol–water partition coefficient (Wildman–Crippen LogP) is 0.902. The summed E-state index contributed by atoms with van der Waals surface area (Å²) in [7, 11) is 0. The minimum atomic E-state index is 0.476. The molecule has 80 valence electrons. The normalized spacial score (nSPS) is 11.1. The summed E-state index contributed by atoms with van der Waals surface area (Å²) in [6.45, 7) is 6.91. The summed E-state index contributed by atoms with van der Waals surface area (Å²) in [6.07, 6.45) is 4.82. The largest absolute Gasteiger partial charge is 0.331 e. The lowest BCUT2D eigenvalue weighted by molar-refractivity contribution is 0.547. The first kappa shape index (κ1) is 11.2. The maximum atomic E-state index is 5.41.